The Morgan fingerprint density at radius 3 is 2.56 bits per heavy atom. The van der Waals surface area contributed by atoms with Crippen LogP contribution in [0.5, 0.6) is 0 Å². The molecule has 3 rings (SSSR count). The van der Waals surface area contributed by atoms with Gasteiger partial charge in [0.2, 0.25) is 5.78 Å². The van der Waals surface area contributed by atoms with E-state index in [1.54, 1.807) is 14.0 Å². The van der Waals surface area contributed by atoms with Crippen LogP contribution in [0.25, 0.3) is 5.69 Å². The van der Waals surface area contributed by atoms with Crippen molar-refractivity contribution in [1.29, 1.82) is 0 Å². The minimum absolute atomic E-state index is 0.231. The maximum absolute atomic E-state index is 12.7. The molecule has 140 valence electrons. The van der Waals surface area contributed by atoms with E-state index >= 15 is 0 Å². The number of nitrogens with zero attached hydrogens (tertiary/aromatic N) is 2. The van der Waals surface area contributed by atoms with E-state index in [0.717, 1.165) is 17.1 Å². The van der Waals surface area contributed by atoms with Crippen molar-refractivity contribution < 1.29 is 14.3 Å². The topological polar surface area (TPSA) is 73.2 Å². The number of ketones is 1. The lowest BCUT2D eigenvalue weighted by molar-refractivity contribution is 0.0475. The van der Waals surface area contributed by atoms with E-state index in [-0.39, 0.29) is 12.4 Å². The predicted molar refractivity (Wildman–Crippen MR) is 106 cm³/mol. The molecule has 1 N–H and O–H groups in total. The Bertz CT molecular complexity index is 990. The lowest BCUT2D eigenvalue weighted by Crippen LogP contribution is -2.16. The summed E-state index contributed by atoms with van der Waals surface area (Å²) >= 11 is 1.19. The maximum atomic E-state index is 12.7. The molecular formula is C20H21N3O3S. The van der Waals surface area contributed by atoms with Gasteiger partial charge in [0.15, 0.2) is 6.61 Å². The van der Waals surface area contributed by atoms with Gasteiger partial charge in [-0.3, -0.25) is 4.79 Å². The van der Waals surface area contributed by atoms with Crippen LogP contribution in [-0.2, 0) is 4.74 Å². The van der Waals surface area contributed by atoms with E-state index in [0.29, 0.717) is 21.8 Å². The molecule has 2 aromatic heterocycles. The largest absolute Gasteiger partial charge is 0.454 e. The number of ether oxygens (including phenoxy) is 1. The summed E-state index contributed by atoms with van der Waals surface area (Å²) in [6.07, 6.45) is 0. The van der Waals surface area contributed by atoms with Crippen molar-refractivity contribution in [2.45, 2.75) is 20.8 Å². The maximum Gasteiger partial charge on any atom is 0.343 e. The highest BCUT2D eigenvalue weighted by Crippen LogP contribution is 2.25. The fraction of sp³-hybridized carbons (Fsp3) is 0.250. The second kappa shape index (κ2) is 7.75. The molecule has 0 saturated heterocycles. The SMILES string of the molecule is CNc1snc(C)c1C(=O)OCC(=O)c1cc(C)n(-c2ccccc2)c1C. The Kier molecular flexibility index (Phi) is 5.41. The van der Waals surface area contributed by atoms with Gasteiger partial charge in [-0.15, -0.1) is 0 Å². The third-order valence-corrected chi connectivity index (χ3v) is 5.33. The Morgan fingerprint density at radius 1 is 1.19 bits per heavy atom. The molecule has 3 aromatic rings. The van der Waals surface area contributed by atoms with Crippen molar-refractivity contribution in [3.05, 3.63) is 64.6 Å². The number of carbonyl (C=O) groups excluding carboxylic acids is 2. The number of esters is 1. The number of benzene rings is 1. The zero-order valence-electron chi connectivity index (χ0n) is 15.7. The van der Waals surface area contributed by atoms with Gasteiger partial charge in [-0.2, -0.15) is 4.37 Å². The number of hydrogen-bond donors (Lipinski definition) is 1. The first kappa shape index (κ1) is 18.8. The van der Waals surface area contributed by atoms with Crippen molar-refractivity contribution >= 4 is 28.3 Å². The van der Waals surface area contributed by atoms with Gasteiger partial charge >= 0.3 is 5.97 Å². The molecular weight excluding hydrogens is 362 g/mol. The fourth-order valence-electron chi connectivity index (χ4n) is 3.08. The summed E-state index contributed by atoms with van der Waals surface area (Å²) < 4.78 is 11.4. The molecule has 1 aromatic carbocycles. The highest BCUT2D eigenvalue weighted by Gasteiger charge is 2.22. The smallest absolute Gasteiger partial charge is 0.343 e. The number of carbonyl (C=O) groups is 2. The number of anilines is 1. The second-order valence-corrected chi connectivity index (χ2v) is 6.95. The first-order valence-corrected chi connectivity index (χ1v) is 9.30. The monoisotopic (exact) mass is 383 g/mol. The molecule has 0 spiro atoms. The van der Waals surface area contributed by atoms with Crippen LogP contribution in [0.2, 0.25) is 0 Å². The number of aryl methyl sites for hydroxylation is 2. The molecule has 0 aliphatic heterocycles. The molecule has 27 heavy (non-hydrogen) atoms. The molecule has 0 radical (unpaired) electrons. The molecule has 0 fully saturated rings. The quantitative estimate of drug-likeness (QED) is 0.516. The van der Waals surface area contributed by atoms with E-state index in [2.05, 4.69) is 9.69 Å². The average Bonchev–Trinajstić information content (AvgIpc) is 3.19. The number of Topliss-reactive ketones (excluding diaryl/α,β-unsaturated/α-hetero) is 1. The molecule has 0 aliphatic rings. The summed E-state index contributed by atoms with van der Waals surface area (Å²) in [4.78, 5) is 25.0. The summed E-state index contributed by atoms with van der Waals surface area (Å²) in [5.41, 5.74) is 4.28. The van der Waals surface area contributed by atoms with Crippen LogP contribution < -0.4 is 5.32 Å². The number of nitrogens with one attached hydrogen (secondary N) is 1. The fourth-order valence-corrected chi connectivity index (χ4v) is 3.81. The van der Waals surface area contributed by atoms with Gasteiger partial charge in [0.1, 0.15) is 10.6 Å². The first-order valence-electron chi connectivity index (χ1n) is 8.52. The van der Waals surface area contributed by atoms with Crippen molar-refractivity contribution in [2.24, 2.45) is 0 Å². The van der Waals surface area contributed by atoms with E-state index in [4.69, 9.17) is 4.74 Å². The molecule has 0 unspecified atom stereocenters. The Labute approximate surface area is 162 Å². The minimum Gasteiger partial charge on any atom is -0.454 e. The van der Waals surface area contributed by atoms with Crippen molar-refractivity contribution in [1.82, 2.24) is 8.94 Å². The minimum atomic E-state index is -0.546. The molecule has 7 heteroatoms. The summed E-state index contributed by atoms with van der Waals surface area (Å²) in [7, 11) is 1.72. The van der Waals surface area contributed by atoms with Crippen LogP contribution in [0.4, 0.5) is 5.00 Å². The molecule has 0 bridgehead atoms. The molecule has 0 amide bonds. The van der Waals surface area contributed by atoms with E-state index < -0.39 is 5.97 Å². The number of hydrogen-bond acceptors (Lipinski definition) is 6. The van der Waals surface area contributed by atoms with Crippen LogP contribution in [-0.4, -0.2) is 34.3 Å². The van der Waals surface area contributed by atoms with Gasteiger partial charge in [0.05, 0.1) is 5.69 Å². The van der Waals surface area contributed by atoms with Gasteiger partial charge in [0.25, 0.3) is 0 Å². The van der Waals surface area contributed by atoms with Gasteiger partial charge in [-0.05, 0) is 50.5 Å². The van der Waals surface area contributed by atoms with Crippen molar-refractivity contribution in [3.8, 4) is 5.69 Å². The lowest BCUT2D eigenvalue weighted by atomic mass is 10.1. The zero-order chi connectivity index (χ0) is 19.6. The van der Waals surface area contributed by atoms with Gasteiger partial charge < -0.3 is 14.6 Å². The Morgan fingerprint density at radius 2 is 1.89 bits per heavy atom. The van der Waals surface area contributed by atoms with E-state index in [9.17, 15) is 9.59 Å². The summed E-state index contributed by atoms with van der Waals surface area (Å²) in [5.74, 6) is -0.777. The molecule has 2 heterocycles. The molecule has 0 saturated carbocycles. The van der Waals surface area contributed by atoms with Crippen molar-refractivity contribution in [2.75, 3.05) is 19.0 Å². The van der Waals surface area contributed by atoms with E-state index in [1.165, 1.54) is 11.5 Å². The van der Waals surface area contributed by atoms with Crippen LogP contribution in [0.15, 0.2) is 36.4 Å². The predicted octanol–water partition coefficient (Wildman–Crippen LogP) is 3.94. The number of para-hydroxylation sites is 1. The molecule has 0 atom stereocenters. The van der Waals surface area contributed by atoms with Crippen LogP contribution >= 0.6 is 11.5 Å². The van der Waals surface area contributed by atoms with Crippen LogP contribution in [0, 0.1) is 20.8 Å². The van der Waals surface area contributed by atoms with Gasteiger partial charge in [-0.1, -0.05) is 18.2 Å². The summed E-state index contributed by atoms with van der Waals surface area (Å²) in [6.45, 7) is 5.27. The van der Waals surface area contributed by atoms with Gasteiger partial charge in [0, 0.05) is 29.7 Å². The Balaban J connectivity index is 1.78. The molecule has 6 nitrogen and oxygen atoms in total. The highest BCUT2D eigenvalue weighted by molar-refractivity contribution is 7.10. The number of aromatic nitrogens is 2. The molecule has 0 aliphatic carbocycles. The Hall–Kier alpha value is -2.93. The van der Waals surface area contributed by atoms with Crippen molar-refractivity contribution in [3.63, 3.8) is 0 Å². The summed E-state index contributed by atoms with van der Waals surface area (Å²) in [6, 6.07) is 11.7. The first-order chi connectivity index (χ1) is 12.9. The van der Waals surface area contributed by atoms with Gasteiger partial charge in [-0.25, -0.2) is 4.79 Å². The third-order valence-electron chi connectivity index (χ3n) is 4.37. The zero-order valence-corrected chi connectivity index (χ0v) is 16.5. The highest BCUT2D eigenvalue weighted by atomic mass is 32.1. The number of rotatable bonds is 6. The van der Waals surface area contributed by atoms with Crippen LogP contribution in [0.3, 0.4) is 0 Å². The average molecular weight is 383 g/mol. The van der Waals surface area contributed by atoms with E-state index in [1.807, 2.05) is 54.8 Å². The normalized spacial score (nSPS) is 10.7. The van der Waals surface area contributed by atoms with Crippen LogP contribution in [0.1, 0.15) is 37.8 Å². The summed E-state index contributed by atoms with van der Waals surface area (Å²) in [5, 5.41) is 3.55. The standard InChI is InChI=1S/C20H21N3O3S/c1-12-10-16(14(3)23(12)15-8-6-5-7-9-15)17(24)11-26-20(25)18-13(2)22-27-19(18)21-4/h5-10,21H,11H2,1-4H3. The lowest BCUT2D eigenvalue weighted by Gasteiger charge is -2.10. The third kappa shape index (κ3) is 3.64. The second-order valence-electron chi connectivity index (χ2n) is 6.18.